The fourth-order valence-electron chi connectivity index (χ4n) is 1.92. The second-order valence-corrected chi connectivity index (χ2v) is 5.10. The first-order chi connectivity index (χ1) is 6.69. The molecule has 0 aromatic rings. The number of nitrogens with one attached hydrogen (secondary N) is 1. The summed E-state index contributed by atoms with van der Waals surface area (Å²) in [6, 6.07) is 0.321. The maximum absolute atomic E-state index is 11.6. The summed E-state index contributed by atoms with van der Waals surface area (Å²) in [6.07, 6.45) is 5.41. The molecule has 3 atom stereocenters. The van der Waals surface area contributed by atoms with Gasteiger partial charge < -0.3 is 11.1 Å². The van der Waals surface area contributed by atoms with Gasteiger partial charge in [0.15, 0.2) is 0 Å². The van der Waals surface area contributed by atoms with E-state index in [2.05, 4.69) is 5.32 Å². The Balaban J connectivity index is 0.00000196. The van der Waals surface area contributed by atoms with E-state index < -0.39 is 0 Å². The van der Waals surface area contributed by atoms with Crippen molar-refractivity contribution in [2.24, 2.45) is 11.7 Å². The molecule has 0 spiro atoms. The van der Waals surface area contributed by atoms with Gasteiger partial charge >= 0.3 is 0 Å². The normalized spacial score (nSPS) is 26.9. The summed E-state index contributed by atoms with van der Waals surface area (Å²) < 4.78 is 0. The van der Waals surface area contributed by atoms with Gasteiger partial charge in [-0.25, -0.2) is 0 Å². The third-order valence-electron chi connectivity index (χ3n) is 3.01. The minimum atomic E-state index is 0. The topological polar surface area (TPSA) is 55.1 Å². The van der Waals surface area contributed by atoms with Gasteiger partial charge in [0.2, 0.25) is 5.91 Å². The van der Waals surface area contributed by atoms with E-state index in [9.17, 15) is 4.79 Å². The Morgan fingerprint density at radius 1 is 1.60 bits per heavy atom. The van der Waals surface area contributed by atoms with Gasteiger partial charge in [-0.3, -0.25) is 4.79 Å². The summed E-state index contributed by atoms with van der Waals surface area (Å²) in [5.41, 5.74) is 5.65. The van der Waals surface area contributed by atoms with E-state index in [0.717, 1.165) is 12.8 Å². The molecule has 1 aliphatic rings. The van der Waals surface area contributed by atoms with Crippen molar-refractivity contribution in [3.05, 3.63) is 0 Å². The number of hydrogen-bond donors (Lipinski definition) is 2. The molecule has 15 heavy (non-hydrogen) atoms. The number of amides is 1. The molecular weight excluding hydrogens is 232 g/mol. The number of thioether (sulfide) groups is 1. The van der Waals surface area contributed by atoms with Crippen molar-refractivity contribution in [2.45, 2.75) is 37.5 Å². The minimum Gasteiger partial charge on any atom is -0.352 e. The number of halogens is 1. The summed E-state index contributed by atoms with van der Waals surface area (Å²) in [5.74, 6) is 0.649. The van der Waals surface area contributed by atoms with Crippen molar-refractivity contribution in [3.63, 3.8) is 0 Å². The summed E-state index contributed by atoms with van der Waals surface area (Å²) in [7, 11) is 0. The van der Waals surface area contributed by atoms with Crippen LogP contribution >= 0.6 is 24.2 Å². The summed E-state index contributed by atoms with van der Waals surface area (Å²) in [6.45, 7) is 2.63. The number of hydrogen-bond acceptors (Lipinski definition) is 3. The molecule has 3 N–H and O–H groups in total. The van der Waals surface area contributed by atoms with Crippen LogP contribution in [-0.4, -0.2) is 30.0 Å². The van der Waals surface area contributed by atoms with Gasteiger partial charge in [0.25, 0.3) is 0 Å². The van der Waals surface area contributed by atoms with Crippen molar-refractivity contribution in [1.82, 2.24) is 5.32 Å². The molecular formula is C10H21ClN2OS. The molecule has 1 aliphatic carbocycles. The highest BCUT2D eigenvalue weighted by Crippen LogP contribution is 2.24. The lowest BCUT2D eigenvalue weighted by molar-refractivity contribution is -0.121. The van der Waals surface area contributed by atoms with E-state index in [1.54, 1.807) is 11.8 Å². The highest BCUT2D eigenvalue weighted by Gasteiger charge is 2.28. The molecule has 1 rings (SSSR count). The second-order valence-electron chi connectivity index (χ2n) is 3.92. The Hall–Kier alpha value is 0.0700. The van der Waals surface area contributed by atoms with Crippen LogP contribution in [-0.2, 0) is 4.79 Å². The fraction of sp³-hybridized carbons (Fsp3) is 0.900. The lowest BCUT2D eigenvalue weighted by atomic mass is 10.0. The number of rotatable bonds is 4. The van der Waals surface area contributed by atoms with E-state index in [0.29, 0.717) is 18.5 Å². The summed E-state index contributed by atoms with van der Waals surface area (Å²) in [4.78, 5) is 11.6. The maximum atomic E-state index is 11.6. The van der Waals surface area contributed by atoms with E-state index in [1.807, 2.05) is 13.2 Å². The quantitative estimate of drug-likeness (QED) is 0.796. The number of carbonyl (C=O) groups is 1. The van der Waals surface area contributed by atoms with Gasteiger partial charge in [-0.1, -0.05) is 6.42 Å². The van der Waals surface area contributed by atoms with Crippen LogP contribution < -0.4 is 11.1 Å². The molecule has 5 heteroatoms. The van der Waals surface area contributed by atoms with Crippen LogP contribution in [0.15, 0.2) is 0 Å². The summed E-state index contributed by atoms with van der Waals surface area (Å²) >= 11 is 1.58. The van der Waals surface area contributed by atoms with Gasteiger partial charge in [-0.15, -0.1) is 12.4 Å². The SMILES string of the molecule is CSC(C)C(=O)NC1CCCC1CN.Cl. The fourth-order valence-corrected chi connectivity index (χ4v) is 2.20. The predicted octanol–water partition coefficient (Wildman–Crippen LogP) is 1.40. The lowest BCUT2D eigenvalue weighted by Crippen LogP contribution is -2.43. The van der Waals surface area contributed by atoms with Crippen LogP contribution in [0.1, 0.15) is 26.2 Å². The van der Waals surface area contributed by atoms with Crippen molar-refractivity contribution in [2.75, 3.05) is 12.8 Å². The van der Waals surface area contributed by atoms with Crippen molar-refractivity contribution in [1.29, 1.82) is 0 Å². The van der Waals surface area contributed by atoms with Crippen LogP contribution in [0.3, 0.4) is 0 Å². The first-order valence-electron chi connectivity index (χ1n) is 5.22. The molecule has 3 unspecified atom stereocenters. The Morgan fingerprint density at radius 3 is 2.80 bits per heavy atom. The molecule has 1 saturated carbocycles. The highest BCUT2D eigenvalue weighted by atomic mass is 35.5. The van der Waals surface area contributed by atoms with Gasteiger partial charge in [0.05, 0.1) is 5.25 Å². The molecule has 0 radical (unpaired) electrons. The first-order valence-corrected chi connectivity index (χ1v) is 6.51. The van der Waals surface area contributed by atoms with Crippen LogP contribution in [0.25, 0.3) is 0 Å². The molecule has 90 valence electrons. The van der Waals surface area contributed by atoms with Gasteiger partial charge in [-0.2, -0.15) is 11.8 Å². The van der Waals surface area contributed by atoms with Crippen molar-refractivity contribution >= 4 is 30.1 Å². The molecule has 0 aromatic heterocycles. The first kappa shape index (κ1) is 15.1. The van der Waals surface area contributed by atoms with Crippen LogP contribution in [0.5, 0.6) is 0 Å². The van der Waals surface area contributed by atoms with E-state index in [-0.39, 0.29) is 23.6 Å². The van der Waals surface area contributed by atoms with E-state index in [4.69, 9.17) is 5.73 Å². The number of nitrogens with two attached hydrogens (primary N) is 1. The van der Waals surface area contributed by atoms with E-state index in [1.165, 1.54) is 6.42 Å². The predicted molar refractivity (Wildman–Crippen MR) is 68.6 cm³/mol. The zero-order chi connectivity index (χ0) is 10.6. The average molecular weight is 253 g/mol. The summed E-state index contributed by atoms with van der Waals surface area (Å²) in [5, 5.41) is 3.14. The largest absolute Gasteiger partial charge is 0.352 e. The maximum Gasteiger partial charge on any atom is 0.233 e. The Kier molecular flexibility index (Phi) is 7.40. The molecule has 1 fully saturated rings. The van der Waals surface area contributed by atoms with Gasteiger partial charge in [-0.05, 0) is 38.5 Å². The van der Waals surface area contributed by atoms with Crippen molar-refractivity contribution in [3.8, 4) is 0 Å². The molecule has 3 nitrogen and oxygen atoms in total. The van der Waals surface area contributed by atoms with Crippen LogP contribution in [0.2, 0.25) is 0 Å². The Bertz CT molecular complexity index is 204. The molecule has 0 aromatic carbocycles. The zero-order valence-electron chi connectivity index (χ0n) is 9.36. The lowest BCUT2D eigenvalue weighted by Gasteiger charge is -2.21. The Labute approximate surface area is 102 Å². The van der Waals surface area contributed by atoms with Crippen LogP contribution in [0.4, 0.5) is 0 Å². The molecule has 0 aliphatic heterocycles. The third kappa shape index (κ3) is 4.21. The van der Waals surface area contributed by atoms with E-state index >= 15 is 0 Å². The highest BCUT2D eigenvalue weighted by molar-refractivity contribution is 7.99. The monoisotopic (exact) mass is 252 g/mol. The van der Waals surface area contributed by atoms with Gasteiger partial charge in [0.1, 0.15) is 0 Å². The van der Waals surface area contributed by atoms with Crippen molar-refractivity contribution < 1.29 is 4.79 Å². The minimum absolute atomic E-state index is 0. The van der Waals surface area contributed by atoms with Gasteiger partial charge in [0, 0.05) is 6.04 Å². The smallest absolute Gasteiger partial charge is 0.233 e. The molecule has 0 bridgehead atoms. The molecule has 1 amide bonds. The average Bonchev–Trinajstić information content (AvgIpc) is 2.63. The third-order valence-corrected chi connectivity index (χ3v) is 3.93. The Morgan fingerprint density at radius 2 is 2.27 bits per heavy atom. The standard InChI is InChI=1S/C10H20N2OS.ClH/c1-7(14-2)10(13)12-9-5-3-4-8(9)6-11;/h7-9H,3-6,11H2,1-2H3,(H,12,13);1H. The van der Waals surface area contributed by atoms with Crippen LogP contribution in [0, 0.1) is 5.92 Å². The zero-order valence-corrected chi connectivity index (χ0v) is 11.0. The second kappa shape index (κ2) is 7.36. The molecule has 0 saturated heterocycles. The number of carbonyl (C=O) groups excluding carboxylic acids is 1. The molecule has 0 heterocycles.